The van der Waals surface area contributed by atoms with Crippen LogP contribution in [0.4, 0.5) is 0 Å². The fourth-order valence-electron chi connectivity index (χ4n) is 5.56. The SMILES string of the molecule is CCCCCCCCCCCCCCCC[n+]1ccc(/C=C/c2c[nH]c3ccc(Br)cc23)c2ccccc21. The molecule has 0 atom stereocenters. The van der Waals surface area contributed by atoms with Gasteiger partial charge in [0.1, 0.15) is 6.54 Å². The van der Waals surface area contributed by atoms with Crippen LogP contribution in [0.3, 0.4) is 0 Å². The minimum absolute atomic E-state index is 1.10. The summed E-state index contributed by atoms with van der Waals surface area (Å²) in [4.78, 5) is 3.38. The number of hydrogen-bond acceptors (Lipinski definition) is 0. The van der Waals surface area contributed by atoms with E-state index in [1.54, 1.807) is 0 Å². The Balaban J connectivity index is 1.21. The highest BCUT2D eigenvalue weighted by molar-refractivity contribution is 9.10. The molecule has 0 saturated carbocycles. The van der Waals surface area contributed by atoms with Gasteiger partial charge in [-0.15, -0.1) is 0 Å². The van der Waals surface area contributed by atoms with Crippen LogP contribution in [-0.4, -0.2) is 4.98 Å². The molecule has 0 aliphatic heterocycles. The summed E-state index contributed by atoms with van der Waals surface area (Å²) in [6.07, 6.45) is 28.5. The summed E-state index contributed by atoms with van der Waals surface area (Å²) in [5.41, 5.74) is 4.97. The Morgan fingerprint density at radius 3 is 2.03 bits per heavy atom. The Kier molecular flexibility index (Phi) is 12.0. The Morgan fingerprint density at radius 2 is 1.32 bits per heavy atom. The Labute approximate surface area is 238 Å². The first-order valence-electron chi connectivity index (χ1n) is 15.1. The van der Waals surface area contributed by atoms with Gasteiger partial charge in [-0.2, -0.15) is 4.57 Å². The minimum atomic E-state index is 1.10. The first-order chi connectivity index (χ1) is 18.8. The van der Waals surface area contributed by atoms with E-state index in [2.05, 4.69) is 105 Å². The summed E-state index contributed by atoms with van der Waals surface area (Å²) < 4.78 is 3.55. The number of benzene rings is 2. The van der Waals surface area contributed by atoms with Crippen LogP contribution in [0.5, 0.6) is 0 Å². The highest BCUT2D eigenvalue weighted by Crippen LogP contribution is 2.25. The molecule has 0 bridgehead atoms. The lowest BCUT2D eigenvalue weighted by atomic mass is 10.0. The number of hydrogen-bond donors (Lipinski definition) is 1. The molecule has 0 amide bonds. The second-order valence-corrected chi connectivity index (χ2v) is 11.8. The van der Waals surface area contributed by atoms with Crippen LogP contribution < -0.4 is 4.57 Å². The van der Waals surface area contributed by atoms with E-state index in [4.69, 9.17) is 0 Å². The number of H-pyrrole nitrogens is 1. The summed E-state index contributed by atoms with van der Waals surface area (Å²) in [5.74, 6) is 0. The number of para-hydroxylation sites is 1. The molecule has 1 N–H and O–H groups in total. The van der Waals surface area contributed by atoms with Gasteiger partial charge in [0.25, 0.3) is 0 Å². The topological polar surface area (TPSA) is 19.7 Å². The number of aromatic nitrogens is 2. The van der Waals surface area contributed by atoms with Gasteiger partial charge >= 0.3 is 0 Å². The average molecular weight is 575 g/mol. The summed E-state index contributed by atoms with van der Waals surface area (Å²) in [6, 6.07) is 17.5. The van der Waals surface area contributed by atoms with Crippen molar-refractivity contribution in [1.29, 1.82) is 0 Å². The largest absolute Gasteiger partial charge is 0.361 e. The molecular weight excluding hydrogens is 528 g/mol. The molecule has 0 aliphatic carbocycles. The summed E-state index contributed by atoms with van der Waals surface area (Å²) in [5, 5.41) is 2.56. The van der Waals surface area contributed by atoms with E-state index in [1.807, 2.05) is 0 Å². The second kappa shape index (κ2) is 15.9. The monoisotopic (exact) mass is 573 g/mol. The third-order valence-corrected chi connectivity index (χ3v) is 8.32. The van der Waals surface area contributed by atoms with Crippen molar-refractivity contribution in [2.45, 2.75) is 103 Å². The number of rotatable bonds is 17. The lowest BCUT2D eigenvalue weighted by Crippen LogP contribution is -2.34. The van der Waals surface area contributed by atoms with E-state index in [0.717, 1.165) is 16.5 Å². The lowest BCUT2D eigenvalue weighted by molar-refractivity contribution is -0.671. The fraction of sp³-hybridized carbons (Fsp3) is 0.457. The summed E-state index contributed by atoms with van der Waals surface area (Å²) in [7, 11) is 0. The maximum atomic E-state index is 3.60. The Bertz CT molecular complexity index is 1290. The van der Waals surface area contributed by atoms with E-state index in [9.17, 15) is 0 Å². The van der Waals surface area contributed by atoms with Crippen LogP contribution in [-0.2, 0) is 6.54 Å². The molecule has 202 valence electrons. The number of halogens is 1. The normalized spacial score (nSPS) is 11.8. The van der Waals surface area contributed by atoms with Gasteiger partial charge in [0.2, 0.25) is 5.52 Å². The van der Waals surface area contributed by atoms with Crippen molar-refractivity contribution >= 4 is 49.9 Å². The molecule has 2 aromatic carbocycles. The number of aryl methyl sites for hydroxylation is 1. The van der Waals surface area contributed by atoms with Crippen LogP contribution in [0.25, 0.3) is 34.0 Å². The van der Waals surface area contributed by atoms with Gasteiger partial charge in [0.15, 0.2) is 6.20 Å². The number of fused-ring (bicyclic) bond motifs is 2. The van der Waals surface area contributed by atoms with Crippen LogP contribution in [0, 0.1) is 0 Å². The molecule has 3 heteroatoms. The molecule has 0 fully saturated rings. The third-order valence-electron chi connectivity index (χ3n) is 7.83. The van der Waals surface area contributed by atoms with E-state index in [0.29, 0.717) is 0 Å². The Morgan fingerprint density at radius 1 is 0.684 bits per heavy atom. The number of pyridine rings is 1. The number of nitrogens with zero attached hydrogens (tertiary/aromatic N) is 1. The molecule has 2 aromatic heterocycles. The molecule has 2 nitrogen and oxygen atoms in total. The molecule has 2 heterocycles. The molecule has 38 heavy (non-hydrogen) atoms. The second-order valence-electron chi connectivity index (χ2n) is 10.8. The van der Waals surface area contributed by atoms with Crippen molar-refractivity contribution in [2.75, 3.05) is 0 Å². The molecule has 4 aromatic rings. The average Bonchev–Trinajstić information content (AvgIpc) is 3.34. The third kappa shape index (κ3) is 8.56. The zero-order chi connectivity index (χ0) is 26.4. The molecule has 0 spiro atoms. The smallest absolute Gasteiger partial charge is 0.213 e. The summed E-state index contributed by atoms with van der Waals surface area (Å²) in [6.45, 7) is 3.39. The van der Waals surface area contributed by atoms with Crippen LogP contribution in [0.15, 0.2) is 65.4 Å². The molecule has 0 saturated heterocycles. The maximum absolute atomic E-state index is 3.60. The molecule has 0 aliphatic rings. The predicted octanol–water partition coefficient (Wildman–Crippen LogP) is 11.0. The summed E-state index contributed by atoms with van der Waals surface area (Å²) >= 11 is 3.60. The zero-order valence-electron chi connectivity index (χ0n) is 23.4. The standard InChI is InChI=1S/C35H45BrN2/c1-2-3-4-5-6-7-8-9-10-11-12-13-14-17-25-38-26-24-29(32-18-15-16-19-35(32)38)20-21-30-28-37-34-23-22-31(36)27-33(30)34/h15-16,18-24,26-28H,2-14,17,25H2,1H3/p+1. The highest BCUT2D eigenvalue weighted by atomic mass is 79.9. The van der Waals surface area contributed by atoms with Gasteiger partial charge < -0.3 is 4.98 Å². The van der Waals surface area contributed by atoms with Crippen molar-refractivity contribution < 1.29 is 4.57 Å². The fourth-order valence-corrected chi connectivity index (χ4v) is 5.92. The van der Waals surface area contributed by atoms with Gasteiger partial charge in [0, 0.05) is 40.1 Å². The Hall–Kier alpha value is -2.39. The van der Waals surface area contributed by atoms with E-state index in [-0.39, 0.29) is 0 Å². The number of nitrogens with one attached hydrogen (secondary N) is 1. The number of unbranched alkanes of at least 4 members (excludes halogenated alkanes) is 13. The van der Waals surface area contributed by atoms with Gasteiger partial charge in [-0.1, -0.05) is 124 Å². The van der Waals surface area contributed by atoms with Gasteiger partial charge in [-0.3, -0.25) is 0 Å². The van der Waals surface area contributed by atoms with Gasteiger partial charge in [-0.25, -0.2) is 0 Å². The van der Waals surface area contributed by atoms with Crippen molar-refractivity contribution in [2.24, 2.45) is 0 Å². The first-order valence-corrected chi connectivity index (χ1v) is 15.9. The molecular formula is C35H46BrN2+. The van der Waals surface area contributed by atoms with Crippen molar-refractivity contribution in [1.82, 2.24) is 4.98 Å². The molecule has 0 radical (unpaired) electrons. The highest BCUT2D eigenvalue weighted by Gasteiger charge is 2.11. The molecule has 0 unspecified atom stereocenters. The lowest BCUT2D eigenvalue weighted by Gasteiger charge is -2.05. The van der Waals surface area contributed by atoms with E-state index >= 15 is 0 Å². The minimum Gasteiger partial charge on any atom is -0.361 e. The quantitative estimate of drug-likeness (QED) is 0.0956. The van der Waals surface area contributed by atoms with Crippen LogP contribution in [0.2, 0.25) is 0 Å². The van der Waals surface area contributed by atoms with E-state index < -0.39 is 0 Å². The predicted molar refractivity (Wildman–Crippen MR) is 169 cm³/mol. The number of aromatic amines is 1. The van der Waals surface area contributed by atoms with Crippen molar-refractivity contribution in [3.05, 3.63) is 76.5 Å². The van der Waals surface area contributed by atoms with Crippen LogP contribution >= 0.6 is 15.9 Å². The van der Waals surface area contributed by atoms with Crippen LogP contribution in [0.1, 0.15) is 108 Å². The van der Waals surface area contributed by atoms with Gasteiger partial charge in [-0.05, 0) is 41.8 Å². The van der Waals surface area contributed by atoms with Gasteiger partial charge in [0.05, 0.1) is 5.39 Å². The zero-order valence-corrected chi connectivity index (χ0v) is 24.9. The van der Waals surface area contributed by atoms with E-state index in [1.165, 1.54) is 117 Å². The molecule has 4 rings (SSSR count). The van der Waals surface area contributed by atoms with Crippen molar-refractivity contribution in [3.63, 3.8) is 0 Å². The first kappa shape index (κ1) is 28.6. The van der Waals surface area contributed by atoms with Crippen molar-refractivity contribution in [3.8, 4) is 0 Å². The maximum Gasteiger partial charge on any atom is 0.213 e.